The number of benzene rings is 2. The molecule has 2 aromatic rings. The largest absolute Gasteiger partial charge is 0.492 e. The van der Waals surface area contributed by atoms with Gasteiger partial charge in [-0.05, 0) is 136 Å². The van der Waals surface area contributed by atoms with Gasteiger partial charge in [0.1, 0.15) is 18.1 Å². The molecule has 2 aromatic carbocycles. The molecule has 1 aliphatic heterocycles. The number of aryl methyl sites for hydroxylation is 1. The molecule has 2 N–H and O–H groups in total. The van der Waals surface area contributed by atoms with Crippen molar-refractivity contribution >= 4 is 45.2 Å². The number of aliphatic hydroxyl groups excluding tert-OH is 1. The first kappa shape index (κ1) is 37.2. The van der Waals surface area contributed by atoms with Gasteiger partial charge in [0.25, 0.3) is 0 Å². The predicted molar refractivity (Wildman–Crippen MR) is 202 cm³/mol. The third kappa shape index (κ3) is 11.5. The van der Waals surface area contributed by atoms with E-state index in [1.165, 1.54) is 48.8 Å². The molecule has 0 spiro atoms. The second kappa shape index (κ2) is 17.6. The molecule has 1 aliphatic carbocycles. The molecule has 3 unspecified atom stereocenters. The van der Waals surface area contributed by atoms with E-state index in [9.17, 15) is 0 Å². The zero-order chi connectivity index (χ0) is 32.4. The lowest BCUT2D eigenvalue weighted by Gasteiger charge is -2.41. The normalized spacial score (nSPS) is 19.1. The predicted octanol–water partition coefficient (Wildman–Crippen LogP) is 10.4. The molecule has 1 heterocycles. The van der Waals surface area contributed by atoms with Crippen LogP contribution in [0.2, 0.25) is 0 Å². The van der Waals surface area contributed by atoms with Crippen LogP contribution < -0.4 is 14.8 Å². The first-order chi connectivity index (χ1) is 20.9. The van der Waals surface area contributed by atoms with Crippen molar-refractivity contribution in [2.75, 3.05) is 13.2 Å². The van der Waals surface area contributed by atoms with Crippen LogP contribution in [0.25, 0.3) is 0 Å². The van der Waals surface area contributed by atoms with Crippen LogP contribution in [0.3, 0.4) is 0 Å². The van der Waals surface area contributed by atoms with Crippen LogP contribution >= 0.6 is 45.2 Å². The summed E-state index contributed by atoms with van der Waals surface area (Å²) in [4.78, 5) is 0. The molecule has 244 valence electrons. The number of aliphatic hydroxyl groups is 1. The lowest BCUT2D eigenvalue weighted by molar-refractivity contribution is 0.212. The standard InChI is InChI=1S/C30H37I2NO2.C8H18O/c1-18-12-24(30(4,5)6)20(3)33-27(18)15-23-11-19(2)29(26(32)14-23)35-17-22-9-10-28(25(31)13-22)34-16-21-7-8-21;1-3-5-6-8(4-2)7-9/h9-11,13-14,21,24,27,33H,1,3,7-8,12,15-17H2,2,4-6H3;8-9H,3-7H2,1-2H3. The highest BCUT2D eigenvalue weighted by Gasteiger charge is 2.34. The highest BCUT2D eigenvalue weighted by Crippen LogP contribution is 2.39. The summed E-state index contributed by atoms with van der Waals surface area (Å²) in [6, 6.07) is 11.1. The Kier molecular flexibility index (Phi) is 14.9. The molecule has 0 radical (unpaired) electrons. The monoisotopic (exact) mass is 827 g/mol. The molecule has 2 fully saturated rings. The van der Waals surface area contributed by atoms with Gasteiger partial charge in [0.15, 0.2) is 0 Å². The van der Waals surface area contributed by atoms with Gasteiger partial charge in [-0.2, -0.15) is 0 Å². The van der Waals surface area contributed by atoms with Gasteiger partial charge in [-0.25, -0.2) is 0 Å². The van der Waals surface area contributed by atoms with E-state index in [0.717, 1.165) is 61.7 Å². The summed E-state index contributed by atoms with van der Waals surface area (Å²) < 4.78 is 14.5. The molecule has 0 aromatic heterocycles. The molecule has 0 amide bonds. The van der Waals surface area contributed by atoms with Crippen molar-refractivity contribution in [2.24, 2.45) is 23.2 Å². The van der Waals surface area contributed by atoms with Gasteiger partial charge in [-0.3, -0.25) is 0 Å². The van der Waals surface area contributed by atoms with Crippen molar-refractivity contribution in [3.63, 3.8) is 0 Å². The van der Waals surface area contributed by atoms with Gasteiger partial charge in [0.05, 0.1) is 19.8 Å². The summed E-state index contributed by atoms with van der Waals surface area (Å²) in [5.41, 5.74) is 6.21. The maximum Gasteiger partial charge on any atom is 0.136 e. The Bertz CT molecular complexity index is 1220. The van der Waals surface area contributed by atoms with E-state index in [-0.39, 0.29) is 11.5 Å². The van der Waals surface area contributed by atoms with E-state index in [2.05, 4.69) is 136 Å². The Labute approximate surface area is 295 Å². The van der Waals surface area contributed by atoms with Crippen LogP contribution in [-0.2, 0) is 13.0 Å². The summed E-state index contributed by atoms with van der Waals surface area (Å²) in [7, 11) is 0. The number of unbranched alkanes of at least 4 members (excludes halogenated alkanes) is 1. The van der Waals surface area contributed by atoms with Crippen LogP contribution in [0.4, 0.5) is 0 Å². The van der Waals surface area contributed by atoms with Crippen molar-refractivity contribution in [2.45, 2.75) is 106 Å². The van der Waals surface area contributed by atoms with E-state index in [4.69, 9.17) is 14.6 Å². The molecule has 0 bridgehead atoms. The first-order valence-corrected chi connectivity index (χ1v) is 18.6. The average Bonchev–Trinajstić information content (AvgIpc) is 3.79. The quantitative estimate of drug-likeness (QED) is 0.156. The minimum Gasteiger partial charge on any atom is -0.492 e. The molecular weight excluding hydrogens is 772 g/mol. The molecule has 1 saturated heterocycles. The van der Waals surface area contributed by atoms with E-state index in [1.54, 1.807) is 0 Å². The van der Waals surface area contributed by atoms with Crippen molar-refractivity contribution < 1.29 is 14.6 Å². The summed E-state index contributed by atoms with van der Waals surface area (Å²) in [5, 5.41) is 12.4. The molecule has 1 saturated carbocycles. The number of hydrogen-bond donors (Lipinski definition) is 2. The topological polar surface area (TPSA) is 50.7 Å². The number of hydrogen-bond acceptors (Lipinski definition) is 4. The third-order valence-electron chi connectivity index (χ3n) is 8.87. The fourth-order valence-corrected chi connectivity index (χ4v) is 7.35. The van der Waals surface area contributed by atoms with Crippen molar-refractivity contribution in [3.05, 3.63) is 78.6 Å². The fourth-order valence-electron chi connectivity index (χ4n) is 5.63. The summed E-state index contributed by atoms with van der Waals surface area (Å²) in [6.07, 6.45) is 9.35. The summed E-state index contributed by atoms with van der Waals surface area (Å²) >= 11 is 4.76. The molecule has 44 heavy (non-hydrogen) atoms. The summed E-state index contributed by atoms with van der Waals surface area (Å²) in [6.45, 7) is 23.8. The van der Waals surface area contributed by atoms with Gasteiger partial charge in [-0.1, -0.05) is 84.7 Å². The molecule has 2 aliphatic rings. The maximum atomic E-state index is 8.75. The minimum absolute atomic E-state index is 0.185. The molecule has 4 nitrogen and oxygen atoms in total. The van der Waals surface area contributed by atoms with Crippen LogP contribution in [0.15, 0.2) is 54.8 Å². The fraction of sp³-hybridized carbons (Fsp3) is 0.579. The lowest BCUT2D eigenvalue weighted by atomic mass is 9.72. The molecule has 3 atom stereocenters. The van der Waals surface area contributed by atoms with Crippen molar-refractivity contribution in [1.82, 2.24) is 5.32 Å². The van der Waals surface area contributed by atoms with Gasteiger partial charge in [-0.15, -0.1) is 0 Å². The highest BCUT2D eigenvalue weighted by molar-refractivity contribution is 14.1. The summed E-state index contributed by atoms with van der Waals surface area (Å²) in [5.74, 6) is 3.68. The van der Waals surface area contributed by atoms with Crippen LogP contribution in [0, 0.1) is 37.2 Å². The van der Waals surface area contributed by atoms with Gasteiger partial charge >= 0.3 is 0 Å². The van der Waals surface area contributed by atoms with Crippen LogP contribution in [0.5, 0.6) is 11.5 Å². The van der Waals surface area contributed by atoms with E-state index >= 15 is 0 Å². The molecular formula is C38H55I2NO3. The minimum atomic E-state index is 0.185. The molecule has 4 rings (SSSR count). The molecule has 6 heteroatoms. The SMILES string of the molecule is C=C1CC(C(C)(C)C)C(=C)NC1Cc1cc(C)c(OCc2ccc(OCC3CC3)c(I)c2)c(I)c1.CCCCC(CC)CO. The highest BCUT2D eigenvalue weighted by atomic mass is 127. The van der Waals surface area contributed by atoms with E-state index in [1.807, 2.05) is 0 Å². The van der Waals surface area contributed by atoms with Gasteiger partial charge in [0, 0.05) is 18.2 Å². The lowest BCUT2D eigenvalue weighted by Crippen LogP contribution is -2.43. The average molecular weight is 828 g/mol. The number of nitrogens with one attached hydrogen (secondary N) is 1. The van der Waals surface area contributed by atoms with Crippen molar-refractivity contribution in [3.8, 4) is 11.5 Å². The maximum absolute atomic E-state index is 8.75. The second-order valence-electron chi connectivity index (χ2n) is 13.8. The van der Waals surface area contributed by atoms with Crippen molar-refractivity contribution in [1.29, 1.82) is 0 Å². The number of allylic oxidation sites excluding steroid dienone is 1. The Hall–Kier alpha value is -1.26. The smallest absolute Gasteiger partial charge is 0.136 e. The second-order valence-corrected chi connectivity index (χ2v) is 16.2. The Balaban J connectivity index is 0.000000512. The number of ether oxygens (including phenoxy) is 2. The van der Waals surface area contributed by atoms with Crippen LogP contribution in [0.1, 0.15) is 96.3 Å². The van der Waals surface area contributed by atoms with Crippen LogP contribution in [-0.4, -0.2) is 24.4 Å². The Morgan fingerprint density at radius 2 is 1.73 bits per heavy atom. The van der Waals surface area contributed by atoms with E-state index < -0.39 is 0 Å². The first-order valence-electron chi connectivity index (χ1n) is 16.4. The number of halogens is 2. The zero-order valence-corrected chi connectivity index (χ0v) is 32.2. The number of piperidine rings is 1. The van der Waals surface area contributed by atoms with E-state index in [0.29, 0.717) is 25.0 Å². The zero-order valence-electron chi connectivity index (χ0n) is 27.9. The Morgan fingerprint density at radius 1 is 1.02 bits per heavy atom. The Morgan fingerprint density at radius 3 is 2.30 bits per heavy atom. The number of rotatable bonds is 13. The third-order valence-corrected chi connectivity index (χ3v) is 10.5. The van der Waals surface area contributed by atoms with Gasteiger partial charge < -0.3 is 19.9 Å². The van der Waals surface area contributed by atoms with Gasteiger partial charge in [0.2, 0.25) is 0 Å².